The summed E-state index contributed by atoms with van der Waals surface area (Å²) in [7, 11) is 0. The van der Waals surface area contributed by atoms with E-state index in [0.717, 1.165) is 4.90 Å². The lowest BCUT2D eigenvalue weighted by Gasteiger charge is -2.47. The van der Waals surface area contributed by atoms with Crippen LogP contribution in [-0.4, -0.2) is 57.9 Å². The number of anilines is 1. The van der Waals surface area contributed by atoms with Gasteiger partial charge in [-0.25, -0.2) is 4.39 Å². The van der Waals surface area contributed by atoms with Crippen molar-refractivity contribution in [3.8, 4) is 0 Å². The van der Waals surface area contributed by atoms with Crippen LogP contribution in [0.4, 0.5) is 10.1 Å². The number of carbonyl (C=O) groups excluding carboxylic acids is 3. The van der Waals surface area contributed by atoms with Crippen LogP contribution in [0.2, 0.25) is 0 Å². The molecule has 2 aromatic carbocycles. The largest absolute Gasteiger partial charge is 0.381 e. The average molecular weight is 529 g/mol. The molecular weight excluding hydrogens is 487 g/mol. The Hall–Kier alpha value is -3.30. The molecule has 0 bridgehead atoms. The van der Waals surface area contributed by atoms with Gasteiger partial charge in [-0.05, 0) is 46.2 Å². The van der Waals surface area contributed by atoms with E-state index in [1.165, 1.54) is 18.2 Å². The second-order valence-corrected chi connectivity index (χ2v) is 11.0. The summed E-state index contributed by atoms with van der Waals surface area (Å²) in [6.45, 7) is 5.47. The Morgan fingerprint density at radius 3 is 2.53 bits per heavy atom. The van der Waals surface area contributed by atoms with Crippen molar-refractivity contribution >= 4 is 23.4 Å². The van der Waals surface area contributed by atoms with Crippen molar-refractivity contribution in [2.24, 2.45) is 0 Å². The van der Waals surface area contributed by atoms with Gasteiger partial charge in [0.05, 0.1) is 11.2 Å². The Kier molecular flexibility index (Phi) is 5.08. The maximum atomic E-state index is 15.9. The fourth-order valence-corrected chi connectivity index (χ4v) is 5.39. The molecule has 1 atom stereocenters. The van der Waals surface area contributed by atoms with E-state index in [2.05, 4.69) is 5.32 Å². The first-order valence-corrected chi connectivity index (χ1v) is 12.4. The number of piperidine rings is 1. The minimum Gasteiger partial charge on any atom is -0.381 e. The van der Waals surface area contributed by atoms with E-state index in [1.54, 1.807) is 23.1 Å². The van der Waals surface area contributed by atoms with Crippen LogP contribution in [0.5, 0.6) is 0 Å². The molecular formula is C29H35FN4O4. The molecule has 1 unspecified atom stereocenters. The number of fused-ring (bicyclic) bond motifs is 1. The highest BCUT2D eigenvalue weighted by Gasteiger charge is 2.40. The highest BCUT2D eigenvalue weighted by atomic mass is 19.1. The van der Waals surface area contributed by atoms with Gasteiger partial charge in [-0.3, -0.25) is 24.6 Å². The third-order valence-electron chi connectivity index (χ3n) is 6.64. The van der Waals surface area contributed by atoms with Gasteiger partial charge in [0, 0.05) is 75.2 Å². The third-order valence-corrected chi connectivity index (χ3v) is 6.64. The van der Waals surface area contributed by atoms with Gasteiger partial charge in [0.2, 0.25) is 11.8 Å². The smallest absolute Gasteiger partial charge is 0.255 e. The number of benzene rings is 2. The second-order valence-electron chi connectivity index (χ2n) is 11.0. The zero-order chi connectivity index (χ0) is 32.6. The quantitative estimate of drug-likeness (QED) is 0.557. The highest BCUT2D eigenvalue weighted by molar-refractivity contribution is 6.06. The number of hydrogen-bond acceptors (Lipinski definition) is 6. The zero-order valence-electron chi connectivity index (χ0n) is 27.8. The molecule has 3 aliphatic rings. The molecule has 3 amide bonds. The number of carbonyl (C=O) groups is 3. The van der Waals surface area contributed by atoms with Crippen molar-refractivity contribution in [1.82, 2.24) is 15.1 Å². The average Bonchev–Trinajstić information content (AvgIpc) is 3.21. The summed E-state index contributed by atoms with van der Waals surface area (Å²) in [4.78, 5) is 40.5. The van der Waals surface area contributed by atoms with Crippen LogP contribution in [0.3, 0.4) is 0 Å². The van der Waals surface area contributed by atoms with Crippen molar-refractivity contribution in [3.63, 3.8) is 0 Å². The SMILES string of the molecule is [2H]C([2H])(c1cccc(CNc2cccc3c2CN(C2C(=O)NC(=O)C([2H])([2H])C2([2H])[2H])C3=O)c1F)N1CC(C)(C)OC(C)(C)C1. The van der Waals surface area contributed by atoms with Crippen molar-refractivity contribution in [3.05, 3.63) is 64.5 Å². The monoisotopic (exact) mass is 528 g/mol. The molecule has 9 heteroatoms. The molecule has 2 N–H and O–H groups in total. The molecule has 3 aliphatic heterocycles. The van der Waals surface area contributed by atoms with Gasteiger partial charge >= 0.3 is 0 Å². The molecule has 0 radical (unpaired) electrons. The van der Waals surface area contributed by atoms with Crippen LogP contribution >= 0.6 is 0 Å². The van der Waals surface area contributed by atoms with Gasteiger partial charge < -0.3 is 15.0 Å². The van der Waals surface area contributed by atoms with Crippen LogP contribution in [0.25, 0.3) is 0 Å². The first-order chi connectivity index (χ1) is 20.2. The Morgan fingerprint density at radius 1 is 1.11 bits per heavy atom. The molecule has 8 nitrogen and oxygen atoms in total. The lowest BCUT2D eigenvalue weighted by Crippen LogP contribution is -2.56. The van der Waals surface area contributed by atoms with E-state index in [1.807, 2.05) is 33.0 Å². The topological polar surface area (TPSA) is 91.0 Å². The molecule has 3 heterocycles. The molecule has 0 spiro atoms. The number of ether oxygens (including phenoxy) is 1. The lowest BCUT2D eigenvalue weighted by molar-refractivity contribution is -0.182. The van der Waals surface area contributed by atoms with E-state index in [4.69, 9.17) is 13.0 Å². The summed E-state index contributed by atoms with van der Waals surface area (Å²) in [6, 6.07) is 7.28. The summed E-state index contributed by atoms with van der Waals surface area (Å²) in [5, 5.41) is 4.92. The molecule has 2 saturated heterocycles. The van der Waals surface area contributed by atoms with E-state index < -0.39 is 60.0 Å². The number of rotatable bonds is 6. The first-order valence-electron chi connectivity index (χ1n) is 15.4. The van der Waals surface area contributed by atoms with Crippen LogP contribution in [0.1, 0.15) is 75.7 Å². The number of amides is 3. The van der Waals surface area contributed by atoms with Gasteiger partial charge in [-0.2, -0.15) is 0 Å². The molecule has 38 heavy (non-hydrogen) atoms. The summed E-state index contributed by atoms with van der Waals surface area (Å²) in [5.41, 5.74) is -0.313. The maximum absolute atomic E-state index is 15.9. The molecule has 5 rings (SSSR count). The Bertz CT molecular complexity index is 1530. The zero-order valence-corrected chi connectivity index (χ0v) is 21.8. The van der Waals surface area contributed by atoms with Gasteiger partial charge in [-0.1, -0.05) is 24.3 Å². The first kappa shape index (κ1) is 19.7. The second kappa shape index (κ2) is 9.78. The van der Waals surface area contributed by atoms with E-state index >= 15 is 4.39 Å². The van der Waals surface area contributed by atoms with E-state index in [9.17, 15) is 14.4 Å². The molecule has 2 aromatic rings. The highest BCUT2D eigenvalue weighted by Crippen LogP contribution is 2.33. The summed E-state index contributed by atoms with van der Waals surface area (Å²) in [5.74, 6) is -3.97. The molecule has 0 aliphatic carbocycles. The number of imide groups is 1. The fourth-order valence-electron chi connectivity index (χ4n) is 5.39. The number of nitrogens with one attached hydrogen (secondary N) is 2. The Labute approximate surface area is 230 Å². The molecule has 202 valence electrons. The van der Waals surface area contributed by atoms with Crippen LogP contribution in [0.15, 0.2) is 36.4 Å². The normalized spacial score (nSPS) is 28.2. The lowest BCUT2D eigenvalue weighted by atomic mass is 9.98. The van der Waals surface area contributed by atoms with Crippen LogP contribution in [0, 0.1) is 5.82 Å². The number of morpholine rings is 1. The van der Waals surface area contributed by atoms with Crippen LogP contribution in [-0.2, 0) is 33.9 Å². The van der Waals surface area contributed by atoms with Crippen molar-refractivity contribution < 1.29 is 31.7 Å². The summed E-state index contributed by atoms with van der Waals surface area (Å²) in [6.07, 6.45) is -6.08. The minimum absolute atomic E-state index is 0.0811. The predicted octanol–water partition coefficient (Wildman–Crippen LogP) is 3.59. The van der Waals surface area contributed by atoms with Gasteiger partial charge in [0.25, 0.3) is 5.91 Å². The molecule has 2 fully saturated rings. The van der Waals surface area contributed by atoms with Crippen molar-refractivity contribution in [1.29, 1.82) is 0 Å². The van der Waals surface area contributed by atoms with Gasteiger partial charge in [-0.15, -0.1) is 0 Å². The minimum atomic E-state index is -3.07. The standard InChI is InChI=1S/C29H35FN4O4/c1-28(2)16-33(17-29(3,4)38-28)14-19-8-5-7-18(25(19)30)13-31-22-10-6-9-20-21(22)15-34(27(20)37)23-11-12-24(35)32-26(23)36/h5-10,23,31H,11-17H2,1-4H3,(H,32,35,36)/i11D2,12D2,14D2. The third kappa shape index (κ3) is 5.31. The van der Waals surface area contributed by atoms with Crippen LogP contribution < -0.4 is 10.6 Å². The summed E-state index contributed by atoms with van der Waals surface area (Å²) < 4.78 is 72.3. The predicted molar refractivity (Wildman–Crippen MR) is 141 cm³/mol. The Morgan fingerprint density at radius 2 is 1.79 bits per heavy atom. The number of hydrogen-bond donors (Lipinski definition) is 2. The Balaban J connectivity index is 1.39. The van der Waals surface area contributed by atoms with Gasteiger partial charge in [0.15, 0.2) is 0 Å². The molecule has 0 aromatic heterocycles. The summed E-state index contributed by atoms with van der Waals surface area (Å²) >= 11 is 0. The fraction of sp³-hybridized carbons (Fsp3) is 0.483. The number of nitrogens with zero attached hydrogens (tertiary/aromatic N) is 2. The van der Waals surface area contributed by atoms with Gasteiger partial charge in [0.1, 0.15) is 11.9 Å². The number of halogens is 1. The van der Waals surface area contributed by atoms with Crippen molar-refractivity contribution in [2.45, 2.75) is 77.3 Å². The van der Waals surface area contributed by atoms with Crippen molar-refractivity contribution in [2.75, 3.05) is 18.4 Å². The van der Waals surface area contributed by atoms with E-state index in [0.29, 0.717) is 11.3 Å². The molecule has 0 saturated carbocycles. The maximum Gasteiger partial charge on any atom is 0.255 e. The van der Waals surface area contributed by atoms with E-state index in [-0.39, 0.29) is 42.9 Å².